The topological polar surface area (TPSA) is 24.7 Å². The van der Waals surface area contributed by atoms with E-state index in [0.717, 1.165) is 0 Å². The molecule has 7 heavy (non-hydrogen) atoms. The SMILES string of the molecule is S=S1(=S)C=NN=C1. The van der Waals surface area contributed by atoms with E-state index in [1.165, 1.54) is 11.1 Å². The highest BCUT2D eigenvalue weighted by Crippen LogP contribution is 1.89. The lowest BCUT2D eigenvalue weighted by molar-refractivity contribution is 1.29. The number of rotatable bonds is 0. The summed E-state index contributed by atoms with van der Waals surface area (Å²) in [6.45, 7) is 0. The summed E-state index contributed by atoms with van der Waals surface area (Å²) in [7, 11) is -1.46. The molecule has 5 heteroatoms. The minimum absolute atomic E-state index is 1.46. The van der Waals surface area contributed by atoms with E-state index in [1.807, 2.05) is 0 Å². The number of hydrogen-bond donors (Lipinski definition) is 0. The molecule has 0 atom stereocenters. The van der Waals surface area contributed by atoms with Gasteiger partial charge in [-0.3, -0.25) is 0 Å². The standard InChI is InChI=1S/C2H2N2S3/c5-7(6)1-3-4-2-7/h1-2H. The normalized spacial score (nSPS) is 23.4. The maximum atomic E-state index is 4.81. The monoisotopic (exact) mass is 150 g/mol. The molecule has 2 nitrogen and oxygen atoms in total. The van der Waals surface area contributed by atoms with Gasteiger partial charge < -0.3 is 0 Å². The van der Waals surface area contributed by atoms with Gasteiger partial charge >= 0.3 is 0 Å². The van der Waals surface area contributed by atoms with Crippen LogP contribution in [-0.2, 0) is 29.5 Å². The molecule has 0 bridgehead atoms. The molecule has 0 spiro atoms. The predicted molar refractivity (Wildman–Crippen MR) is 39.1 cm³/mol. The van der Waals surface area contributed by atoms with Gasteiger partial charge in [-0.2, -0.15) is 10.2 Å². The van der Waals surface area contributed by atoms with E-state index in [4.69, 9.17) is 22.4 Å². The van der Waals surface area contributed by atoms with Crippen LogP contribution in [0.2, 0.25) is 0 Å². The molecule has 0 aromatic carbocycles. The van der Waals surface area contributed by atoms with Crippen LogP contribution in [0.4, 0.5) is 0 Å². The van der Waals surface area contributed by atoms with Crippen LogP contribution < -0.4 is 0 Å². The van der Waals surface area contributed by atoms with E-state index in [0.29, 0.717) is 0 Å². The molecule has 0 radical (unpaired) electrons. The molecular weight excluding hydrogens is 148 g/mol. The molecule has 1 aliphatic rings. The first-order chi connectivity index (χ1) is 3.21. The maximum Gasteiger partial charge on any atom is 0.0960 e. The lowest BCUT2D eigenvalue weighted by Crippen LogP contribution is -1.90. The van der Waals surface area contributed by atoms with Crippen molar-refractivity contribution in [2.24, 2.45) is 10.2 Å². The first-order valence-corrected chi connectivity index (χ1v) is 5.13. The van der Waals surface area contributed by atoms with Crippen LogP contribution in [0.5, 0.6) is 0 Å². The van der Waals surface area contributed by atoms with Crippen molar-refractivity contribution in [3.8, 4) is 0 Å². The van der Waals surface area contributed by atoms with E-state index >= 15 is 0 Å². The fourth-order valence-electron chi connectivity index (χ4n) is 0.213. The molecule has 0 aromatic rings. The maximum absolute atomic E-state index is 4.81. The van der Waals surface area contributed by atoms with Crippen LogP contribution in [0.1, 0.15) is 0 Å². The van der Waals surface area contributed by atoms with Crippen molar-refractivity contribution < 1.29 is 0 Å². The molecule has 0 unspecified atom stereocenters. The van der Waals surface area contributed by atoms with Crippen molar-refractivity contribution in [3.63, 3.8) is 0 Å². The highest BCUT2D eigenvalue weighted by Gasteiger charge is 1.94. The Morgan fingerprint density at radius 3 is 1.71 bits per heavy atom. The Bertz CT molecular complexity index is 191. The average molecular weight is 150 g/mol. The number of hydrogen-bond acceptors (Lipinski definition) is 4. The molecule has 0 amide bonds. The van der Waals surface area contributed by atoms with Gasteiger partial charge in [0.15, 0.2) is 0 Å². The zero-order valence-corrected chi connectivity index (χ0v) is 5.72. The fourth-order valence-corrected chi connectivity index (χ4v) is 1.10. The van der Waals surface area contributed by atoms with E-state index in [1.54, 1.807) is 0 Å². The zero-order valence-electron chi connectivity index (χ0n) is 3.27. The summed E-state index contributed by atoms with van der Waals surface area (Å²) in [5.74, 6) is 0. The molecule has 0 saturated carbocycles. The third kappa shape index (κ3) is 1.25. The summed E-state index contributed by atoms with van der Waals surface area (Å²) < 4.78 is 0. The number of nitrogens with zero attached hydrogens (tertiary/aromatic N) is 2. The third-order valence-electron chi connectivity index (χ3n) is 0.455. The predicted octanol–water partition coefficient (Wildman–Crippen LogP) is 0.0494. The van der Waals surface area contributed by atoms with Gasteiger partial charge in [-0.1, -0.05) is 0 Å². The van der Waals surface area contributed by atoms with E-state index < -0.39 is 7.15 Å². The van der Waals surface area contributed by atoms with Crippen LogP contribution >= 0.6 is 0 Å². The van der Waals surface area contributed by atoms with Crippen LogP contribution in [0.3, 0.4) is 0 Å². The molecule has 1 aliphatic heterocycles. The molecule has 1 heterocycles. The Balaban J connectivity index is 3.25. The third-order valence-corrected chi connectivity index (χ3v) is 2.26. The van der Waals surface area contributed by atoms with Gasteiger partial charge in [0.2, 0.25) is 0 Å². The summed E-state index contributed by atoms with van der Waals surface area (Å²) in [6.07, 6.45) is 0. The zero-order chi connectivity index (χ0) is 5.33. The lowest BCUT2D eigenvalue weighted by Gasteiger charge is -1.77. The van der Waals surface area contributed by atoms with Crippen molar-refractivity contribution in [3.05, 3.63) is 0 Å². The van der Waals surface area contributed by atoms with Gasteiger partial charge in [0.25, 0.3) is 0 Å². The Morgan fingerprint density at radius 1 is 1.14 bits per heavy atom. The van der Waals surface area contributed by atoms with Crippen LogP contribution in [0, 0.1) is 0 Å². The average Bonchev–Trinajstić information content (AvgIpc) is 1.84. The van der Waals surface area contributed by atoms with Gasteiger partial charge in [-0.15, -0.1) is 0 Å². The second-order valence-electron chi connectivity index (χ2n) is 1.03. The minimum atomic E-state index is -1.46. The Kier molecular flexibility index (Phi) is 1.18. The van der Waals surface area contributed by atoms with Crippen molar-refractivity contribution in [1.29, 1.82) is 0 Å². The Morgan fingerprint density at radius 2 is 1.57 bits per heavy atom. The highest BCUT2D eigenvalue weighted by molar-refractivity contribution is 8.68. The molecule has 0 fully saturated rings. The first-order valence-electron chi connectivity index (χ1n) is 1.52. The molecule has 38 valence electrons. The molecule has 0 saturated heterocycles. The smallest absolute Gasteiger partial charge is 0.0960 e. The van der Waals surface area contributed by atoms with Gasteiger partial charge in [-0.05, 0) is 29.5 Å². The van der Waals surface area contributed by atoms with E-state index in [9.17, 15) is 0 Å². The minimum Gasteiger partial charge on any atom is -0.151 e. The van der Waals surface area contributed by atoms with Crippen LogP contribution in [-0.4, -0.2) is 11.1 Å². The van der Waals surface area contributed by atoms with Gasteiger partial charge in [-0.25, -0.2) is 0 Å². The summed E-state index contributed by atoms with van der Waals surface area (Å²) in [5.41, 5.74) is 3.08. The van der Waals surface area contributed by atoms with E-state index in [2.05, 4.69) is 10.2 Å². The van der Waals surface area contributed by atoms with Crippen molar-refractivity contribution >= 4 is 40.6 Å². The van der Waals surface area contributed by atoms with E-state index in [-0.39, 0.29) is 0 Å². The summed E-state index contributed by atoms with van der Waals surface area (Å²) in [4.78, 5) is 0. The summed E-state index contributed by atoms with van der Waals surface area (Å²) in [6, 6.07) is 0. The van der Waals surface area contributed by atoms with Crippen molar-refractivity contribution in [1.82, 2.24) is 0 Å². The second-order valence-corrected chi connectivity index (χ2v) is 6.57. The molecule has 0 aromatic heterocycles. The molecule has 1 rings (SSSR count). The second kappa shape index (κ2) is 1.57. The Hall–Kier alpha value is 0.130. The van der Waals surface area contributed by atoms with Gasteiger partial charge in [0, 0.05) is 0 Å². The Labute approximate surface area is 51.1 Å². The first kappa shape index (κ1) is 5.27. The van der Waals surface area contributed by atoms with Crippen LogP contribution in [0.15, 0.2) is 10.2 Å². The lowest BCUT2D eigenvalue weighted by atomic mass is 11.6. The van der Waals surface area contributed by atoms with Crippen LogP contribution in [0.25, 0.3) is 0 Å². The summed E-state index contributed by atoms with van der Waals surface area (Å²) >= 11 is 9.62. The van der Waals surface area contributed by atoms with Crippen molar-refractivity contribution in [2.75, 3.05) is 0 Å². The largest absolute Gasteiger partial charge is 0.151 e. The molecule has 0 aliphatic carbocycles. The highest BCUT2D eigenvalue weighted by atomic mass is 33.1. The summed E-state index contributed by atoms with van der Waals surface area (Å²) in [5, 5.41) is 7.02. The fraction of sp³-hybridized carbons (Fsp3) is 0. The molecular formula is C2H2N2S3. The van der Waals surface area contributed by atoms with Gasteiger partial charge in [0.05, 0.1) is 11.1 Å². The van der Waals surface area contributed by atoms with Gasteiger partial charge in [0.1, 0.15) is 0 Å². The quantitative estimate of drug-likeness (QED) is 0.487. The molecule has 0 N–H and O–H groups in total. The van der Waals surface area contributed by atoms with Crippen molar-refractivity contribution in [2.45, 2.75) is 0 Å².